The number of aryl methyl sites for hydroxylation is 1. The number of piperidine rings is 2. The van der Waals surface area contributed by atoms with E-state index in [2.05, 4.69) is 20.6 Å². The number of likely N-dealkylation sites (tertiary alicyclic amines) is 1. The monoisotopic (exact) mass is 468 g/mol. The fraction of sp³-hybridized carbons (Fsp3) is 0.500. The van der Waals surface area contributed by atoms with Crippen LogP contribution in [0.2, 0.25) is 0 Å². The maximum Gasteiger partial charge on any atom is 0.255 e. The minimum atomic E-state index is -0.600. The van der Waals surface area contributed by atoms with Gasteiger partial charge in [-0.3, -0.25) is 24.6 Å². The van der Waals surface area contributed by atoms with E-state index in [0.29, 0.717) is 31.2 Å². The number of rotatable bonds is 6. The van der Waals surface area contributed by atoms with Crippen molar-refractivity contribution >= 4 is 29.1 Å². The minimum Gasteiger partial charge on any atom is -0.492 e. The average molecular weight is 469 g/mol. The summed E-state index contributed by atoms with van der Waals surface area (Å²) >= 11 is 1.71. The highest BCUT2D eigenvalue weighted by Gasteiger charge is 2.39. The van der Waals surface area contributed by atoms with Crippen LogP contribution in [0.5, 0.6) is 5.75 Å². The van der Waals surface area contributed by atoms with Gasteiger partial charge in [0.1, 0.15) is 23.4 Å². The third kappa shape index (κ3) is 4.65. The van der Waals surface area contributed by atoms with Gasteiger partial charge in [0.2, 0.25) is 11.8 Å². The van der Waals surface area contributed by atoms with E-state index in [9.17, 15) is 14.4 Å². The second-order valence-corrected chi connectivity index (χ2v) is 9.98. The van der Waals surface area contributed by atoms with Crippen LogP contribution in [0.25, 0.3) is 0 Å². The molecule has 1 N–H and O–H groups in total. The molecule has 2 aromatic rings. The normalized spacial score (nSPS) is 23.5. The summed E-state index contributed by atoms with van der Waals surface area (Å²) < 4.78 is 6.18. The van der Waals surface area contributed by atoms with Gasteiger partial charge >= 0.3 is 0 Å². The first kappa shape index (κ1) is 22.0. The van der Waals surface area contributed by atoms with Crippen molar-refractivity contribution in [3.8, 4) is 5.75 Å². The van der Waals surface area contributed by atoms with Crippen molar-refractivity contribution in [2.75, 3.05) is 13.2 Å². The molecule has 0 aliphatic carbocycles. The largest absolute Gasteiger partial charge is 0.492 e. The molecule has 2 fully saturated rings. The SMILES string of the molecule is Cc1csc(CN2CCCC[C@@H]2COc2ccc3c(c2)CN(C2CCC(=O)NC2=O)C3=O)n1. The van der Waals surface area contributed by atoms with E-state index in [1.54, 1.807) is 22.3 Å². The molecule has 2 atom stereocenters. The number of carbonyl (C=O) groups excluding carboxylic acids is 3. The molecule has 0 saturated carbocycles. The van der Waals surface area contributed by atoms with Gasteiger partial charge in [-0.25, -0.2) is 4.98 Å². The highest BCUT2D eigenvalue weighted by Crippen LogP contribution is 2.30. The summed E-state index contributed by atoms with van der Waals surface area (Å²) in [6.07, 6.45) is 4.10. The number of aromatic nitrogens is 1. The third-order valence-corrected chi connectivity index (χ3v) is 7.64. The molecule has 33 heavy (non-hydrogen) atoms. The molecule has 9 heteroatoms. The topological polar surface area (TPSA) is 91.8 Å². The first-order valence-corrected chi connectivity index (χ1v) is 12.4. The summed E-state index contributed by atoms with van der Waals surface area (Å²) in [5.41, 5.74) is 2.53. The van der Waals surface area contributed by atoms with Crippen molar-refractivity contribution in [1.29, 1.82) is 0 Å². The van der Waals surface area contributed by atoms with E-state index in [-0.39, 0.29) is 18.2 Å². The molecular weight excluding hydrogens is 440 g/mol. The van der Waals surface area contributed by atoms with Crippen molar-refractivity contribution in [1.82, 2.24) is 20.1 Å². The zero-order valence-corrected chi connectivity index (χ0v) is 19.5. The Morgan fingerprint density at radius 1 is 1.21 bits per heavy atom. The Morgan fingerprint density at radius 2 is 2.09 bits per heavy atom. The number of amides is 3. The van der Waals surface area contributed by atoms with E-state index >= 15 is 0 Å². The van der Waals surface area contributed by atoms with Crippen molar-refractivity contribution in [2.24, 2.45) is 0 Å². The molecule has 4 heterocycles. The number of benzene rings is 1. The molecule has 5 rings (SSSR count). The lowest BCUT2D eigenvalue weighted by molar-refractivity contribution is -0.136. The van der Waals surface area contributed by atoms with E-state index < -0.39 is 11.9 Å². The van der Waals surface area contributed by atoms with E-state index in [1.807, 2.05) is 19.1 Å². The molecule has 2 saturated heterocycles. The number of ether oxygens (including phenoxy) is 1. The molecule has 3 aliphatic rings. The lowest BCUT2D eigenvalue weighted by atomic mass is 10.0. The Hall–Kier alpha value is -2.78. The second-order valence-electron chi connectivity index (χ2n) is 9.03. The molecule has 174 valence electrons. The summed E-state index contributed by atoms with van der Waals surface area (Å²) in [7, 11) is 0. The van der Waals surface area contributed by atoms with Crippen LogP contribution in [0.15, 0.2) is 23.6 Å². The predicted octanol–water partition coefficient (Wildman–Crippen LogP) is 2.65. The minimum absolute atomic E-state index is 0.164. The molecule has 3 aliphatic heterocycles. The van der Waals surface area contributed by atoms with Gasteiger partial charge in [0.15, 0.2) is 0 Å². The molecule has 0 bridgehead atoms. The van der Waals surface area contributed by atoms with Crippen LogP contribution in [0, 0.1) is 6.92 Å². The van der Waals surface area contributed by atoms with Gasteiger partial charge in [-0.1, -0.05) is 6.42 Å². The number of hydrogen-bond donors (Lipinski definition) is 1. The van der Waals surface area contributed by atoms with E-state index in [0.717, 1.165) is 41.5 Å². The summed E-state index contributed by atoms with van der Waals surface area (Å²) in [4.78, 5) is 45.2. The lowest BCUT2D eigenvalue weighted by Crippen LogP contribution is -2.52. The molecule has 1 unspecified atom stereocenters. The van der Waals surface area contributed by atoms with E-state index in [4.69, 9.17) is 4.74 Å². The molecule has 0 radical (unpaired) electrons. The molecule has 8 nitrogen and oxygen atoms in total. The Kier molecular flexibility index (Phi) is 6.16. The van der Waals surface area contributed by atoms with Gasteiger partial charge in [0.05, 0.1) is 6.54 Å². The Morgan fingerprint density at radius 3 is 2.88 bits per heavy atom. The van der Waals surface area contributed by atoms with Gasteiger partial charge in [-0.05, 0) is 56.5 Å². The van der Waals surface area contributed by atoms with Crippen LogP contribution in [0.4, 0.5) is 0 Å². The van der Waals surface area contributed by atoms with E-state index in [1.165, 1.54) is 12.8 Å². The summed E-state index contributed by atoms with van der Waals surface area (Å²) in [6, 6.07) is 5.27. The quantitative estimate of drug-likeness (QED) is 0.656. The Balaban J connectivity index is 1.23. The first-order chi connectivity index (χ1) is 16.0. The standard InChI is InChI=1S/C24H28N4O4S/c1-15-14-33-22(25-15)12-27-9-3-2-4-17(27)13-32-18-5-6-19-16(10-18)11-28(24(19)31)20-7-8-21(29)26-23(20)30/h5-6,10,14,17,20H,2-4,7-9,11-13H2,1H3,(H,26,29,30)/t17-,20?/m1/s1. The van der Waals surface area contributed by atoms with Gasteiger partial charge in [0, 0.05) is 35.6 Å². The van der Waals surface area contributed by atoms with Crippen LogP contribution in [-0.4, -0.2) is 57.7 Å². The number of imide groups is 1. The number of nitrogens with zero attached hydrogens (tertiary/aromatic N) is 3. The summed E-state index contributed by atoms with van der Waals surface area (Å²) in [5, 5.41) is 5.57. The highest BCUT2D eigenvalue weighted by atomic mass is 32.1. The van der Waals surface area contributed by atoms with Crippen LogP contribution in [0.1, 0.15) is 58.7 Å². The van der Waals surface area contributed by atoms with Crippen LogP contribution in [0.3, 0.4) is 0 Å². The number of nitrogens with one attached hydrogen (secondary N) is 1. The number of hydrogen-bond acceptors (Lipinski definition) is 7. The molecule has 1 aromatic heterocycles. The maximum absolute atomic E-state index is 12.9. The lowest BCUT2D eigenvalue weighted by Gasteiger charge is -2.34. The molecular formula is C24H28N4O4S. The summed E-state index contributed by atoms with van der Waals surface area (Å²) in [5.74, 6) is -0.0972. The summed E-state index contributed by atoms with van der Waals surface area (Å²) in [6.45, 7) is 4.87. The van der Waals surface area contributed by atoms with Crippen LogP contribution in [-0.2, 0) is 22.7 Å². The number of fused-ring (bicyclic) bond motifs is 1. The van der Waals surface area contributed by atoms with Gasteiger partial charge < -0.3 is 9.64 Å². The molecule has 3 amide bonds. The first-order valence-electron chi connectivity index (χ1n) is 11.5. The molecule has 1 aromatic carbocycles. The number of thiazole rings is 1. The van der Waals surface area contributed by atoms with Crippen molar-refractivity contribution in [3.05, 3.63) is 45.4 Å². The van der Waals surface area contributed by atoms with Crippen molar-refractivity contribution in [3.63, 3.8) is 0 Å². The average Bonchev–Trinajstić information content (AvgIpc) is 3.35. The van der Waals surface area contributed by atoms with Crippen molar-refractivity contribution < 1.29 is 19.1 Å². The number of carbonyl (C=O) groups is 3. The van der Waals surface area contributed by atoms with Gasteiger partial charge in [0.25, 0.3) is 5.91 Å². The third-order valence-electron chi connectivity index (χ3n) is 6.69. The Bertz CT molecular complexity index is 1080. The van der Waals surface area contributed by atoms with Gasteiger partial charge in [-0.2, -0.15) is 0 Å². The predicted molar refractivity (Wildman–Crippen MR) is 123 cm³/mol. The fourth-order valence-corrected chi connectivity index (χ4v) is 5.74. The Labute approximate surface area is 196 Å². The zero-order chi connectivity index (χ0) is 22.9. The van der Waals surface area contributed by atoms with Crippen molar-refractivity contribution in [2.45, 2.75) is 64.2 Å². The maximum atomic E-state index is 12.9. The fourth-order valence-electron chi connectivity index (χ4n) is 4.94. The molecule has 0 spiro atoms. The highest BCUT2D eigenvalue weighted by molar-refractivity contribution is 7.09. The van der Waals surface area contributed by atoms with Crippen LogP contribution >= 0.6 is 11.3 Å². The zero-order valence-electron chi connectivity index (χ0n) is 18.7. The smallest absolute Gasteiger partial charge is 0.255 e. The van der Waals surface area contributed by atoms with Crippen LogP contribution < -0.4 is 10.1 Å². The van der Waals surface area contributed by atoms with Gasteiger partial charge in [-0.15, -0.1) is 11.3 Å². The second kappa shape index (κ2) is 9.23.